The van der Waals surface area contributed by atoms with Crippen LogP contribution in [0.25, 0.3) is 0 Å². The minimum Gasteiger partial charge on any atom is -0.463 e. The number of likely N-dealkylation sites (N-methyl/N-ethyl adjacent to an activating group) is 1. The second-order valence-corrected chi connectivity index (χ2v) is 4.52. The number of amides is 1. The second-order valence-electron chi connectivity index (χ2n) is 4.52. The minimum absolute atomic E-state index is 0.195. The molecule has 0 saturated carbocycles. The van der Waals surface area contributed by atoms with Crippen LogP contribution in [0, 0.1) is 0 Å². The van der Waals surface area contributed by atoms with Crippen LogP contribution in [0.1, 0.15) is 26.7 Å². The number of ether oxygens (including phenoxy) is 2. The van der Waals surface area contributed by atoms with Crippen molar-refractivity contribution >= 4 is 11.9 Å². The van der Waals surface area contributed by atoms with Gasteiger partial charge >= 0.3 is 5.97 Å². The van der Waals surface area contributed by atoms with Gasteiger partial charge in [-0.25, -0.2) is 9.86 Å². The predicted molar refractivity (Wildman–Crippen MR) is 68.1 cm³/mol. The molecule has 0 N–H and O–H groups in total. The third-order valence-electron chi connectivity index (χ3n) is 3.04. The summed E-state index contributed by atoms with van der Waals surface area (Å²) in [5.41, 5.74) is -0.469. The first-order valence-electron chi connectivity index (χ1n) is 6.27. The van der Waals surface area contributed by atoms with Crippen LogP contribution in [-0.4, -0.2) is 49.4 Å². The SMILES string of the molecule is CCOC(=O)/C=C/CCC1(C)OC1C(=O)N(C)OC. The zero-order chi connectivity index (χ0) is 14.5. The number of carbonyl (C=O) groups is 2. The summed E-state index contributed by atoms with van der Waals surface area (Å²) >= 11 is 0. The van der Waals surface area contributed by atoms with Gasteiger partial charge in [0.25, 0.3) is 5.91 Å². The van der Waals surface area contributed by atoms with Gasteiger partial charge in [0.05, 0.1) is 13.7 Å². The van der Waals surface area contributed by atoms with Crippen molar-refractivity contribution in [3.05, 3.63) is 12.2 Å². The van der Waals surface area contributed by atoms with Gasteiger partial charge < -0.3 is 9.47 Å². The van der Waals surface area contributed by atoms with E-state index in [-0.39, 0.29) is 11.9 Å². The number of hydroxylamine groups is 2. The molecule has 19 heavy (non-hydrogen) atoms. The Kier molecular flexibility index (Phi) is 5.50. The summed E-state index contributed by atoms with van der Waals surface area (Å²) in [5, 5.41) is 1.16. The van der Waals surface area contributed by atoms with Crippen LogP contribution in [0.15, 0.2) is 12.2 Å². The van der Waals surface area contributed by atoms with Crippen molar-refractivity contribution in [2.75, 3.05) is 20.8 Å². The molecular formula is C13H21NO5. The third-order valence-corrected chi connectivity index (χ3v) is 3.04. The standard InChI is InChI=1S/C13H21NO5/c1-5-18-10(15)8-6-7-9-13(2)11(19-13)12(16)14(3)17-4/h6,8,11H,5,7,9H2,1-4H3/b8-6+. The summed E-state index contributed by atoms with van der Waals surface area (Å²) in [5.74, 6) is -0.546. The second kappa shape index (κ2) is 6.68. The smallest absolute Gasteiger partial charge is 0.330 e. The molecule has 1 saturated heterocycles. The van der Waals surface area contributed by atoms with Crippen LogP contribution in [-0.2, 0) is 23.9 Å². The molecule has 108 valence electrons. The Labute approximate surface area is 113 Å². The molecule has 2 unspecified atom stereocenters. The lowest BCUT2D eigenvalue weighted by molar-refractivity contribution is -0.170. The van der Waals surface area contributed by atoms with E-state index in [1.807, 2.05) is 6.92 Å². The average Bonchev–Trinajstić information content (AvgIpc) is 3.06. The lowest BCUT2D eigenvalue weighted by Crippen LogP contribution is -2.32. The van der Waals surface area contributed by atoms with Crippen molar-refractivity contribution in [3.8, 4) is 0 Å². The number of epoxide rings is 1. The summed E-state index contributed by atoms with van der Waals surface area (Å²) in [6, 6.07) is 0. The fourth-order valence-corrected chi connectivity index (χ4v) is 1.73. The van der Waals surface area contributed by atoms with Crippen molar-refractivity contribution < 1.29 is 23.9 Å². The zero-order valence-electron chi connectivity index (χ0n) is 11.8. The van der Waals surface area contributed by atoms with Crippen molar-refractivity contribution in [3.63, 3.8) is 0 Å². The van der Waals surface area contributed by atoms with Gasteiger partial charge in [-0.15, -0.1) is 0 Å². The molecule has 6 nitrogen and oxygen atoms in total. The molecule has 6 heteroatoms. The van der Waals surface area contributed by atoms with E-state index in [1.54, 1.807) is 20.0 Å². The maximum atomic E-state index is 11.8. The fourth-order valence-electron chi connectivity index (χ4n) is 1.73. The Balaban J connectivity index is 2.32. The third kappa shape index (κ3) is 4.33. The van der Waals surface area contributed by atoms with Crippen LogP contribution < -0.4 is 0 Å². The first-order valence-corrected chi connectivity index (χ1v) is 6.27. The van der Waals surface area contributed by atoms with Gasteiger partial charge in [-0.1, -0.05) is 6.08 Å². The Morgan fingerprint density at radius 2 is 2.16 bits per heavy atom. The molecule has 1 fully saturated rings. The normalized spacial score (nSPS) is 25.4. The van der Waals surface area contributed by atoms with Gasteiger partial charge in [0.15, 0.2) is 6.10 Å². The monoisotopic (exact) mass is 271 g/mol. The molecule has 0 bridgehead atoms. The number of hydrogen-bond donors (Lipinski definition) is 0. The van der Waals surface area contributed by atoms with Gasteiger partial charge in [-0.3, -0.25) is 9.63 Å². The largest absolute Gasteiger partial charge is 0.463 e. The Morgan fingerprint density at radius 3 is 2.74 bits per heavy atom. The molecule has 0 aromatic carbocycles. The van der Waals surface area contributed by atoms with Crippen molar-refractivity contribution in [1.82, 2.24) is 5.06 Å². The van der Waals surface area contributed by atoms with E-state index in [4.69, 9.17) is 14.3 Å². The van der Waals surface area contributed by atoms with Gasteiger partial charge in [0.2, 0.25) is 0 Å². The molecule has 0 radical (unpaired) electrons. The number of esters is 1. The molecule has 1 heterocycles. The van der Waals surface area contributed by atoms with E-state index >= 15 is 0 Å². The van der Waals surface area contributed by atoms with Gasteiger partial charge in [-0.2, -0.15) is 0 Å². The summed E-state index contributed by atoms with van der Waals surface area (Å²) < 4.78 is 10.2. The number of carbonyl (C=O) groups excluding carboxylic acids is 2. The lowest BCUT2D eigenvalue weighted by Gasteiger charge is -2.12. The fraction of sp³-hybridized carbons (Fsp3) is 0.692. The predicted octanol–water partition coefficient (Wildman–Crippen LogP) is 1.06. The first-order chi connectivity index (χ1) is 8.94. The molecule has 1 rings (SSSR count). The number of nitrogens with zero attached hydrogens (tertiary/aromatic N) is 1. The molecule has 0 aromatic heterocycles. The highest BCUT2D eigenvalue weighted by atomic mass is 16.7. The molecule has 0 spiro atoms. The molecule has 1 aliphatic heterocycles. The summed E-state index contributed by atoms with van der Waals surface area (Å²) in [6.45, 7) is 3.99. The maximum Gasteiger partial charge on any atom is 0.330 e. The van der Waals surface area contributed by atoms with E-state index < -0.39 is 11.7 Å². The lowest BCUT2D eigenvalue weighted by atomic mass is 10.0. The van der Waals surface area contributed by atoms with Crippen LogP contribution >= 0.6 is 0 Å². The number of hydrogen-bond acceptors (Lipinski definition) is 5. The minimum atomic E-state index is -0.469. The topological polar surface area (TPSA) is 68.4 Å². The van der Waals surface area contributed by atoms with Gasteiger partial charge in [0, 0.05) is 13.1 Å². The van der Waals surface area contributed by atoms with Crippen LogP contribution in [0.4, 0.5) is 0 Å². The highest BCUT2D eigenvalue weighted by Crippen LogP contribution is 2.41. The molecule has 0 aromatic rings. The number of rotatable bonds is 7. The van der Waals surface area contributed by atoms with Crippen LogP contribution in [0.3, 0.4) is 0 Å². The van der Waals surface area contributed by atoms with Crippen LogP contribution in [0.5, 0.6) is 0 Å². The summed E-state index contributed by atoms with van der Waals surface area (Å²) in [4.78, 5) is 27.6. The van der Waals surface area contributed by atoms with Crippen LogP contribution in [0.2, 0.25) is 0 Å². The van der Waals surface area contributed by atoms with Crippen molar-refractivity contribution in [2.45, 2.75) is 38.4 Å². The average molecular weight is 271 g/mol. The molecule has 2 atom stereocenters. The van der Waals surface area contributed by atoms with E-state index in [0.717, 1.165) is 5.06 Å². The molecular weight excluding hydrogens is 250 g/mol. The Hall–Kier alpha value is -1.40. The van der Waals surface area contributed by atoms with E-state index in [2.05, 4.69) is 0 Å². The molecule has 1 amide bonds. The zero-order valence-corrected chi connectivity index (χ0v) is 11.8. The maximum absolute atomic E-state index is 11.8. The highest BCUT2D eigenvalue weighted by Gasteiger charge is 2.57. The van der Waals surface area contributed by atoms with Crippen molar-refractivity contribution in [2.24, 2.45) is 0 Å². The van der Waals surface area contributed by atoms with Crippen molar-refractivity contribution in [1.29, 1.82) is 0 Å². The van der Waals surface area contributed by atoms with E-state index in [1.165, 1.54) is 13.2 Å². The quantitative estimate of drug-likeness (QED) is 0.300. The Bertz CT molecular complexity index is 368. The highest BCUT2D eigenvalue weighted by molar-refractivity contribution is 5.83. The summed E-state index contributed by atoms with van der Waals surface area (Å²) in [7, 11) is 2.98. The van der Waals surface area contributed by atoms with Gasteiger partial charge in [-0.05, 0) is 26.7 Å². The first kappa shape index (κ1) is 15.7. The van der Waals surface area contributed by atoms with E-state index in [9.17, 15) is 9.59 Å². The Morgan fingerprint density at radius 1 is 1.47 bits per heavy atom. The van der Waals surface area contributed by atoms with Gasteiger partial charge in [0.1, 0.15) is 5.60 Å². The van der Waals surface area contributed by atoms with E-state index in [0.29, 0.717) is 19.4 Å². The molecule has 1 aliphatic rings. The molecule has 0 aliphatic carbocycles. The number of allylic oxidation sites excluding steroid dienone is 1. The summed E-state index contributed by atoms with van der Waals surface area (Å²) in [6.07, 6.45) is 3.97.